The summed E-state index contributed by atoms with van der Waals surface area (Å²) in [6.07, 6.45) is 8.97. The molecule has 1 aliphatic rings. The van der Waals surface area contributed by atoms with E-state index in [4.69, 9.17) is 5.11 Å². The van der Waals surface area contributed by atoms with Gasteiger partial charge in [0.05, 0.1) is 11.7 Å². The van der Waals surface area contributed by atoms with Crippen molar-refractivity contribution in [3.63, 3.8) is 0 Å². The average Bonchev–Trinajstić information content (AvgIpc) is 2.52. The second-order valence-corrected chi connectivity index (χ2v) is 5.74. The average molecular weight is 292 g/mol. The molecule has 3 N–H and O–H groups in total. The predicted octanol–water partition coefficient (Wildman–Crippen LogP) is 1.58. The minimum absolute atomic E-state index is 0.223. The molecule has 0 radical (unpaired) electrons. The van der Waals surface area contributed by atoms with Crippen LogP contribution in [0.2, 0.25) is 0 Å². The zero-order valence-corrected chi connectivity index (χ0v) is 12.5. The van der Waals surface area contributed by atoms with Gasteiger partial charge in [0, 0.05) is 25.5 Å². The van der Waals surface area contributed by atoms with Crippen LogP contribution in [0.25, 0.3) is 0 Å². The van der Waals surface area contributed by atoms with Gasteiger partial charge in [-0.25, -0.2) is 9.97 Å². The first-order valence-electron chi connectivity index (χ1n) is 7.67. The molecule has 1 aromatic rings. The maximum atomic E-state index is 11.7. The maximum absolute atomic E-state index is 11.7. The number of aromatic nitrogens is 2. The smallest absolute Gasteiger partial charge is 0.254 e. The lowest BCUT2D eigenvalue weighted by molar-refractivity contribution is 0.0923. The highest BCUT2D eigenvalue weighted by molar-refractivity contribution is 5.93. The molecule has 0 bridgehead atoms. The number of aliphatic hydroxyl groups excluding tert-OH is 1. The van der Waals surface area contributed by atoms with E-state index in [0.29, 0.717) is 17.4 Å². The molecule has 1 unspecified atom stereocenters. The van der Waals surface area contributed by atoms with E-state index in [-0.39, 0.29) is 12.5 Å². The zero-order valence-electron chi connectivity index (χ0n) is 12.5. The molecule has 21 heavy (non-hydrogen) atoms. The summed E-state index contributed by atoms with van der Waals surface area (Å²) in [5.41, 5.74) is 0.402. The van der Waals surface area contributed by atoms with E-state index in [1.807, 2.05) is 0 Å². The molecule has 1 aliphatic carbocycles. The molecule has 0 saturated heterocycles. The van der Waals surface area contributed by atoms with Gasteiger partial charge < -0.3 is 15.7 Å². The quantitative estimate of drug-likeness (QED) is 0.741. The van der Waals surface area contributed by atoms with Crippen molar-refractivity contribution in [2.45, 2.75) is 45.1 Å². The second-order valence-electron chi connectivity index (χ2n) is 5.74. The SMILES string of the molecule is CC(O)CNC(=O)c1cnc(NCC2CCCCC2)nc1. The Bertz CT molecular complexity index is 441. The molecule has 6 nitrogen and oxygen atoms in total. The Labute approximate surface area is 125 Å². The fraction of sp³-hybridized carbons (Fsp3) is 0.667. The Morgan fingerprint density at radius 2 is 2.00 bits per heavy atom. The number of nitrogens with zero attached hydrogens (tertiary/aromatic N) is 2. The van der Waals surface area contributed by atoms with E-state index in [1.54, 1.807) is 6.92 Å². The summed E-state index contributed by atoms with van der Waals surface area (Å²) < 4.78 is 0. The molecule has 6 heteroatoms. The number of aliphatic hydroxyl groups is 1. The van der Waals surface area contributed by atoms with Crippen molar-refractivity contribution >= 4 is 11.9 Å². The molecule has 116 valence electrons. The lowest BCUT2D eigenvalue weighted by Gasteiger charge is -2.21. The predicted molar refractivity (Wildman–Crippen MR) is 81.1 cm³/mol. The third-order valence-corrected chi connectivity index (χ3v) is 3.75. The topological polar surface area (TPSA) is 87.1 Å². The van der Waals surface area contributed by atoms with Crippen LogP contribution in [0.15, 0.2) is 12.4 Å². The van der Waals surface area contributed by atoms with Crippen molar-refractivity contribution in [2.24, 2.45) is 5.92 Å². The molecule has 1 aromatic heterocycles. The highest BCUT2D eigenvalue weighted by Gasteiger charge is 2.13. The number of carbonyl (C=O) groups excluding carboxylic acids is 1. The van der Waals surface area contributed by atoms with E-state index < -0.39 is 6.10 Å². The molecule has 1 amide bonds. The Morgan fingerprint density at radius 1 is 1.33 bits per heavy atom. The Balaban J connectivity index is 1.79. The number of nitrogens with one attached hydrogen (secondary N) is 2. The lowest BCUT2D eigenvalue weighted by Crippen LogP contribution is -2.30. The molecular formula is C15H24N4O2. The Kier molecular flexibility index (Phi) is 5.92. The number of rotatable bonds is 6. The van der Waals surface area contributed by atoms with E-state index in [2.05, 4.69) is 20.6 Å². The van der Waals surface area contributed by atoms with Crippen molar-refractivity contribution < 1.29 is 9.90 Å². The highest BCUT2D eigenvalue weighted by Crippen LogP contribution is 2.23. The van der Waals surface area contributed by atoms with Crippen LogP contribution in [0, 0.1) is 5.92 Å². The molecule has 0 aliphatic heterocycles. The van der Waals surface area contributed by atoms with Crippen molar-refractivity contribution in [3.05, 3.63) is 18.0 Å². The summed E-state index contributed by atoms with van der Waals surface area (Å²) >= 11 is 0. The van der Waals surface area contributed by atoms with Gasteiger partial charge in [0.1, 0.15) is 0 Å². The van der Waals surface area contributed by atoms with Crippen LogP contribution in [0.1, 0.15) is 49.4 Å². The number of hydrogen-bond donors (Lipinski definition) is 3. The van der Waals surface area contributed by atoms with Crippen LogP contribution >= 0.6 is 0 Å². The van der Waals surface area contributed by atoms with E-state index in [0.717, 1.165) is 6.54 Å². The summed E-state index contributed by atoms with van der Waals surface area (Å²) in [7, 11) is 0. The van der Waals surface area contributed by atoms with E-state index in [1.165, 1.54) is 44.5 Å². The van der Waals surface area contributed by atoms with Gasteiger partial charge in [-0.2, -0.15) is 0 Å². The Hall–Kier alpha value is -1.69. The van der Waals surface area contributed by atoms with Crippen LogP contribution in [0.4, 0.5) is 5.95 Å². The van der Waals surface area contributed by atoms with Crippen molar-refractivity contribution in [2.75, 3.05) is 18.4 Å². The van der Waals surface area contributed by atoms with Gasteiger partial charge in [-0.15, -0.1) is 0 Å². The van der Waals surface area contributed by atoms with Crippen LogP contribution in [0.3, 0.4) is 0 Å². The fourth-order valence-corrected chi connectivity index (χ4v) is 2.51. The summed E-state index contributed by atoms with van der Waals surface area (Å²) in [4.78, 5) is 20.1. The summed E-state index contributed by atoms with van der Waals surface area (Å²) in [5.74, 6) is 0.999. The highest BCUT2D eigenvalue weighted by atomic mass is 16.3. The maximum Gasteiger partial charge on any atom is 0.254 e. The van der Waals surface area contributed by atoms with Crippen LogP contribution < -0.4 is 10.6 Å². The largest absolute Gasteiger partial charge is 0.392 e. The first-order valence-corrected chi connectivity index (χ1v) is 7.67. The third kappa shape index (κ3) is 5.30. The van der Waals surface area contributed by atoms with E-state index in [9.17, 15) is 4.79 Å². The molecule has 0 aromatic carbocycles. The van der Waals surface area contributed by atoms with Crippen molar-refractivity contribution in [1.29, 1.82) is 0 Å². The standard InChI is InChI=1S/C15H24N4O2/c1-11(20)7-16-14(21)13-9-18-15(19-10-13)17-8-12-5-3-2-4-6-12/h9-12,20H,2-8H2,1H3,(H,16,21)(H,17,18,19). The number of amides is 1. The minimum atomic E-state index is -0.564. The van der Waals surface area contributed by atoms with Crippen LogP contribution in [-0.4, -0.2) is 40.2 Å². The van der Waals surface area contributed by atoms with Crippen LogP contribution in [0.5, 0.6) is 0 Å². The molecular weight excluding hydrogens is 268 g/mol. The van der Waals surface area contributed by atoms with Crippen molar-refractivity contribution in [1.82, 2.24) is 15.3 Å². The normalized spacial score (nSPS) is 17.2. The first kappa shape index (κ1) is 15.7. The summed E-state index contributed by atoms with van der Waals surface area (Å²) in [6.45, 7) is 2.74. The van der Waals surface area contributed by atoms with Gasteiger partial charge in [-0.05, 0) is 25.7 Å². The minimum Gasteiger partial charge on any atom is -0.392 e. The third-order valence-electron chi connectivity index (χ3n) is 3.75. The molecule has 1 heterocycles. The first-order chi connectivity index (χ1) is 10.1. The number of hydrogen-bond acceptors (Lipinski definition) is 5. The summed E-state index contributed by atoms with van der Waals surface area (Å²) in [6, 6.07) is 0. The van der Waals surface area contributed by atoms with Gasteiger partial charge in [0.25, 0.3) is 5.91 Å². The number of carbonyl (C=O) groups is 1. The molecule has 1 saturated carbocycles. The van der Waals surface area contributed by atoms with Gasteiger partial charge in [-0.1, -0.05) is 19.3 Å². The fourth-order valence-electron chi connectivity index (χ4n) is 2.51. The lowest BCUT2D eigenvalue weighted by atomic mass is 9.89. The van der Waals surface area contributed by atoms with E-state index >= 15 is 0 Å². The molecule has 1 atom stereocenters. The Morgan fingerprint density at radius 3 is 2.62 bits per heavy atom. The zero-order chi connectivity index (χ0) is 15.1. The number of anilines is 1. The van der Waals surface area contributed by atoms with Gasteiger partial charge in [-0.3, -0.25) is 4.79 Å². The van der Waals surface area contributed by atoms with Gasteiger partial charge in [0.2, 0.25) is 5.95 Å². The molecule has 2 rings (SSSR count). The van der Waals surface area contributed by atoms with Gasteiger partial charge >= 0.3 is 0 Å². The van der Waals surface area contributed by atoms with Gasteiger partial charge in [0.15, 0.2) is 0 Å². The molecule has 0 spiro atoms. The monoisotopic (exact) mass is 292 g/mol. The second kappa shape index (κ2) is 7.93. The van der Waals surface area contributed by atoms with Crippen molar-refractivity contribution in [3.8, 4) is 0 Å². The molecule has 1 fully saturated rings. The van der Waals surface area contributed by atoms with Crippen LogP contribution in [-0.2, 0) is 0 Å². The summed E-state index contributed by atoms with van der Waals surface area (Å²) in [5, 5.41) is 15.0.